The van der Waals surface area contributed by atoms with Gasteiger partial charge in [-0.3, -0.25) is 0 Å². The molecule has 3 unspecified atom stereocenters. The minimum absolute atomic E-state index is 0.366. The molecule has 0 heterocycles. The normalized spacial score (nSPS) is 17.4. The van der Waals surface area contributed by atoms with Crippen molar-refractivity contribution in [2.75, 3.05) is 13.7 Å². The van der Waals surface area contributed by atoms with Gasteiger partial charge in [-0.05, 0) is 31.7 Å². The molecule has 0 bridgehead atoms. The Bertz CT molecular complexity index is 134. The average molecular weight is 215 g/mol. The van der Waals surface area contributed by atoms with Crippen LogP contribution in [0.1, 0.15) is 53.4 Å². The number of nitrogens with one attached hydrogen (secondary N) is 1. The van der Waals surface area contributed by atoms with E-state index in [1.807, 2.05) is 7.11 Å². The second-order valence-corrected chi connectivity index (χ2v) is 4.49. The molecule has 0 aromatic rings. The molecule has 0 aliphatic carbocycles. The van der Waals surface area contributed by atoms with Crippen molar-refractivity contribution < 1.29 is 4.74 Å². The predicted octanol–water partition coefficient (Wildman–Crippen LogP) is 3.22. The molecule has 0 amide bonds. The van der Waals surface area contributed by atoms with E-state index in [2.05, 4.69) is 33.0 Å². The molecule has 0 rings (SSSR count). The van der Waals surface area contributed by atoms with Gasteiger partial charge in [0.1, 0.15) is 0 Å². The van der Waals surface area contributed by atoms with E-state index in [-0.39, 0.29) is 0 Å². The summed E-state index contributed by atoms with van der Waals surface area (Å²) in [5.74, 6) is 0.781. The van der Waals surface area contributed by atoms with Crippen molar-refractivity contribution in [1.29, 1.82) is 0 Å². The maximum atomic E-state index is 5.54. The van der Waals surface area contributed by atoms with E-state index in [1.54, 1.807) is 0 Å². The first-order chi connectivity index (χ1) is 7.19. The van der Waals surface area contributed by atoms with Gasteiger partial charge >= 0.3 is 0 Å². The molecule has 0 saturated carbocycles. The van der Waals surface area contributed by atoms with Gasteiger partial charge in [-0.2, -0.15) is 0 Å². The molecule has 15 heavy (non-hydrogen) atoms. The van der Waals surface area contributed by atoms with E-state index >= 15 is 0 Å². The second-order valence-electron chi connectivity index (χ2n) is 4.49. The van der Waals surface area contributed by atoms with Crippen LogP contribution in [0.25, 0.3) is 0 Å². The Morgan fingerprint density at radius 1 is 1.13 bits per heavy atom. The lowest BCUT2D eigenvalue weighted by molar-refractivity contribution is 0.0574. The third-order valence-corrected chi connectivity index (χ3v) is 3.16. The highest BCUT2D eigenvalue weighted by Gasteiger charge is 2.20. The molecule has 2 heteroatoms. The fraction of sp³-hybridized carbons (Fsp3) is 1.00. The third-order valence-electron chi connectivity index (χ3n) is 3.16. The summed E-state index contributed by atoms with van der Waals surface area (Å²) in [6.45, 7) is 10.1. The summed E-state index contributed by atoms with van der Waals surface area (Å²) in [6, 6.07) is 0.523. The number of ether oxygens (including phenoxy) is 1. The van der Waals surface area contributed by atoms with E-state index in [0.717, 1.165) is 18.9 Å². The van der Waals surface area contributed by atoms with Crippen LogP contribution >= 0.6 is 0 Å². The lowest BCUT2D eigenvalue weighted by atomic mass is 9.94. The smallest absolute Gasteiger partial charge is 0.0721 e. The molecule has 0 radical (unpaired) electrons. The third kappa shape index (κ3) is 6.16. The van der Waals surface area contributed by atoms with Crippen LogP contribution in [0.15, 0.2) is 0 Å². The van der Waals surface area contributed by atoms with Crippen LogP contribution in [0.2, 0.25) is 0 Å². The van der Waals surface area contributed by atoms with Crippen molar-refractivity contribution >= 4 is 0 Å². The number of rotatable bonds is 9. The van der Waals surface area contributed by atoms with Crippen molar-refractivity contribution in [3.63, 3.8) is 0 Å². The van der Waals surface area contributed by atoms with Crippen LogP contribution in [-0.4, -0.2) is 25.8 Å². The fourth-order valence-corrected chi connectivity index (χ4v) is 1.91. The van der Waals surface area contributed by atoms with Gasteiger partial charge in [-0.1, -0.05) is 34.1 Å². The Hall–Kier alpha value is -0.0800. The maximum Gasteiger partial charge on any atom is 0.0721 e. The van der Waals surface area contributed by atoms with Gasteiger partial charge in [0, 0.05) is 13.2 Å². The standard InChI is InChI=1S/C13H29NO/c1-6-9-14-12(10-11(4)7-2)13(8-3)15-5/h11-14H,6-10H2,1-5H3. The average Bonchev–Trinajstić information content (AvgIpc) is 2.26. The molecule has 0 aliphatic rings. The summed E-state index contributed by atoms with van der Waals surface area (Å²) in [6.07, 6.45) is 5.13. The zero-order valence-electron chi connectivity index (χ0n) is 11.2. The molecule has 0 aromatic heterocycles. The summed E-state index contributed by atoms with van der Waals surface area (Å²) >= 11 is 0. The van der Waals surface area contributed by atoms with Gasteiger partial charge in [0.05, 0.1) is 6.10 Å². The van der Waals surface area contributed by atoms with Crippen LogP contribution in [0.5, 0.6) is 0 Å². The largest absolute Gasteiger partial charge is 0.380 e. The van der Waals surface area contributed by atoms with E-state index in [4.69, 9.17) is 4.74 Å². The molecule has 0 aliphatic heterocycles. The Kier molecular flexibility index (Phi) is 9.12. The zero-order valence-corrected chi connectivity index (χ0v) is 11.2. The van der Waals surface area contributed by atoms with E-state index in [1.165, 1.54) is 19.3 Å². The van der Waals surface area contributed by atoms with Crippen molar-refractivity contribution in [2.45, 2.75) is 65.5 Å². The fourth-order valence-electron chi connectivity index (χ4n) is 1.91. The molecular weight excluding hydrogens is 186 g/mol. The second kappa shape index (κ2) is 9.17. The summed E-state index contributed by atoms with van der Waals surface area (Å²) in [5.41, 5.74) is 0. The Labute approximate surface area is 95.8 Å². The van der Waals surface area contributed by atoms with Crippen LogP contribution in [0, 0.1) is 5.92 Å². The van der Waals surface area contributed by atoms with Crippen molar-refractivity contribution in [3.8, 4) is 0 Å². The van der Waals surface area contributed by atoms with Gasteiger partial charge < -0.3 is 10.1 Å². The van der Waals surface area contributed by atoms with E-state index in [9.17, 15) is 0 Å². The molecular formula is C13H29NO. The molecule has 0 saturated heterocycles. The molecule has 1 N–H and O–H groups in total. The van der Waals surface area contributed by atoms with Gasteiger partial charge in [-0.25, -0.2) is 0 Å². The molecule has 92 valence electrons. The first-order valence-electron chi connectivity index (χ1n) is 6.45. The van der Waals surface area contributed by atoms with Crippen molar-refractivity contribution in [1.82, 2.24) is 5.32 Å². The van der Waals surface area contributed by atoms with Crippen LogP contribution in [0.3, 0.4) is 0 Å². The minimum atomic E-state index is 0.366. The number of hydrogen-bond acceptors (Lipinski definition) is 2. The summed E-state index contributed by atoms with van der Waals surface area (Å²) in [4.78, 5) is 0. The molecule has 0 aromatic carbocycles. The summed E-state index contributed by atoms with van der Waals surface area (Å²) in [5, 5.41) is 3.61. The van der Waals surface area contributed by atoms with Gasteiger partial charge in [0.15, 0.2) is 0 Å². The predicted molar refractivity (Wildman–Crippen MR) is 67.2 cm³/mol. The summed E-state index contributed by atoms with van der Waals surface area (Å²) < 4.78 is 5.54. The highest BCUT2D eigenvalue weighted by molar-refractivity contribution is 4.77. The number of methoxy groups -OCH3 is 1. The molecule has 3 atom stereocenters. The van der Waals surface area contributed by atoms with Crippen molar-refractivity contribution in [3.05, 3.63) is 0 Å². The first kappa shape index (κ1) is 14.9. The zero-order chi connectivity index (χ0) is 11.7. The van der Waals surface area contributed by atoms with E-state index in [0.29, 0.717) is 12.1 Å². The quantitative estimate of drug-likeness (QED) is 0.637. The van der Waals surface area contributed by atoms with E-state index < -0.39 is 0 Å². The molecule has 0 fully saturated rings. The maximum absolute atomic E-state index is 5.54. The van der Waals surface area contributed by atoms with Gasteiger partial charge in [0.2, 0.25) is 0 Å². The topological polar surface area (TPSA) is 21.3 Å². The molecule has 0 spiro atoms. The SMILES string of the molecule is CCCNC(CC(C)CC)C(CC)OC. The first-order valence-corrected chi connectivity index (χ1v) is 6.45. The molecule has 2 nitrogen and oxygen atoms in total. The van der Waals surface area contributed by atoms with Gasteiger partial charge in [-0.15, -0.1) is 0 Å². The number of hydrogen-bond donors (Lipinski definition) is 1. The highest BCUT2D eigenvalue weighted by Crippen LogP contribution is 2.15. The van der Waals surface area contributed by atoms with Crippen LogP contribution < -0.4 is 5.32 Å². The van der Waals surface area contributed by atoms with Crippen LogP contribution in [0.4, 0.5) is 0 Å². The summed E-state index contributed by atoms with van der Waals surface area (Å²) in [7, 11) is 1.82. The monoisotopic (exact) mass is 215 g/mol. The lowest BCUT2D eigenvalue weighted by Gasteiger charge is -2.28. The highest BCUT2D eigenvalue weighted by atomic mass is 16.5. The minimum Gasteiger partial charge on any atom is -0.380 e. The van der Waals surface area contributed by atoms with Gasteiger partial charge in [0.25, 0.3) is 0 Å². The van der Waals surface area contributed by atoms with Crippen LogP contribution in [-0.2, 0) is 4.74 Å². The lowest BCUT2D eigenvalue weighted by Crippen LogP contribution is -2.42. The Morgan fingerprint density at radius 3 is 2.20 bits per heavy atom. The van der Waals surface area contributed by atoms with Crippen molar-refractivity contribution in [2.24, 2.45) is 5.92 Å². The Balaban J connectivity index is 4.14. The Morgan fingerprint density at radius 2 is 1.80 bits per heavy atom.